The fraction of sp³-hybridized carbons (Fsp3) is 0.176. The quantitative estimate of drug-likeness (QED) is 0.671. The van der Waals surface area contributed by atoms with Crippen LogP contribution in [0.25, 0.3) is 0 Å². The second kappa shape index (κ2) is 6.58. The van der Waals surface area contributed by atoms with Gasteiger partial charge < -0.3 is 10.6 Å². The van der Waals surface area contributed by atoms with E-state index >= 15 is 0 Å². The third kappa shape index (κ3) is 3.40. The minimum atomic E-state index is -0.0670. The zero-order chi connectivity index (χ0) is 15.2. The van der Waals surface area contributed by atoms with E-state index in [1.54, 1.807) is 12.1 Å². The van der Waals surface area contributed by atoms with Crippen LogP contribution in [0.1, 0.15) is 23.7 Å². The number of carbonyl (C=O) groups is 1. The van der Waals surface area contributed by atoms with E-state index in [1.165, 1.54) is 6.92 Å². The van der Waals surface area contributed by atoms with Gasteiger partial charge >= 0.3 is 0 Å². The van der Waals surface area contributed by atoms with Gasteiger partial charge in [-0.1, -0.05) is 18.2 Å². The Hall–Kier alpha value is -2.80. The van der Waals surface area contributed by atoms with Gasteiger partial charge in [-0.15, -0.1) is 0 Å². The highest BCUT2D eigenvalue weighted by Gasteiger charge is 2.12. The van der Waals surface area contributed by atoms with E-state index in [1.807, 2.05) is 41.3 Å². The molecule has 0 radical (unpaired) electrons. The summed E-state index contributed by atoms with van der Waals surface area (Å²) in [7, 11) is 0. The number of rotatable bonds is 5. The van der Waals surface area contributed by atoms with Crippen molar-refractivity contribution >= 4 is 22.8 Å². The molecule has 21 heavy (non-hydrogen) atoms. The maximum atomic E-state index is 11.6. The lowest BCUT2D eigenvalue weighted by molar-refractivity contribution is 0.101. The Kier molecular flexibility index (Phi) is 4.57. The van der Waals surface area contributed by atoms with Gasteiger partial charge in [0.15, 0.2) is 5.78 Å². The number of carbonyl (C=O) groups excluding carboxylic acids is 1. The molecule has 2 aromatic rings. The fourth-order valence-electron chi connectivity index (χ4n) is 2.19. The Balaban J connectivity index is 2.44. The molecule has 0 saturated heterocycles. The molecule has 0 aliphatic rings. The molecule has 0 saturated carbocycles. The first-order chi connectivity index (χ1) is 10.1. The maximum Gasteiger partial charge on any atom is 0.161 e. The van der Waals surface area contributed by atoms with Crippen LogP contribution in [-0.2, 0) is 0 Å². The first kappa shape index (κ1) is 14.6. The molecule has 0 fully saturated rings. The molecule has 0 aromatic heterocycles. The lowest BCUT2D eigenvalue weighted by atomic mass is 10.1. The van der Waals surface area contributed by atoms with Gasteiger partial charge in [0, 0.05) is 29.2 Å². The lowest BCUT2D eigenvalue weighted by Crippen LogP contribution is -2.18. The van der Waals surface area contributed by atoms with Gasteiger partial charge in [0.2, 0.25) is 0 Å². The number of nitrogens with zero attached hydrogens (tertiary/aromatic N) is 2. The number of nitrogens with two attached hydrogens (primary N) is 1. The molecular formula is C17H17N3O. The average molecular weight is 279 g/mol. The lowest BCUT2D eigenvalue weighted by Gasteiger charge is -2.24. The minimum Gasteiger partial charge on any atom is -0.398 e. The Morgan fingerprint density at radius 1 is 1.19 bits per heavy atom. The van der Waals surface area contributed by atoms with Gasteiger partial charge in [-0.25, -0.2) is 0 Å². The number of para-hydroxylation sites is 1. The molecule has 0 atom stereocenters. The monoisotopic (exact) mass is 279 g/mol. The van der Waals surface area contributed by atoms with Crippen molar-refractivity contribution in [2.75, 3.05) is 17.2 Å². The number of ketones is 1. The summed E-state index contributed by atoms with van der Waals surface area (Å²) < 4.78 is 0. The third-order valence-electron chi connectivity index (χ3n) is 3.24. The Labute approximate surface area is 124 Å². The van der Waals surface area contributed by atoms with Crippen molar-refractivity contribution in [3.05, 3.63) is 54.1 Å². The number of hydrogen-bond donors (Lipinski definition) is 1. The second-order valence-corrected chi connectivity index (χ2v) is 4.72. The number of hydrogen-bond acceptors (Lipinski definition) is 4. The largest absolute Gasteiger partial charge is 0.398 e. The van der Waals surface area contributed by atoms with E-state index in [-0.39, 0.29) is 5.78 Å². The van der Waals surface area contributed by atoms with E-state index in [4.69, 9.17) is 11.0 Å². The van der Waals surface area contributed by atoms with Gasteiger partial charge in [-0.2, -0.15) is 5.26 Å². The Morgan fingerprint density at radius 2 is 1.90 bits per heavy atom. The normalized spacial score (nSPS) is 9.90. The summed E-state index contributed by atoms with van der Waals surface area (Å²) in [4.78, 5) is 13.6. The molecule has 4 nitrogen and oxygen atoms in total. The number of nitriles is 1. The molecule has 4 heteroatoms. The summed E-state index contributed by atoms with van der Waals surface area (Å²) in [5.41, 5.74) is 8.65. The molecule has 0 heterocycles. The van der Waals surface area contributed by atoms with Gasteiger partial charge in [0.25, 0.3) is 0 Å². The van der Waals surface area contributed by atoms with Crippen LogP contribution in [0.5, 0.6) is 0 Å². The third-order valence-corrected chi connectivity index (χ3v) is 3.24. The number of Topliss-reactive ketones (excluding diaryl/α,β-unsaturated/α-hetero) is 1. The summed E-state index contributed by atoms with van der Waals surface area (Å²) in [6.45, 7) is 2.05. The van der Waals surface area contributed by atoms with Crippen molar-refractivity contribution in [3.63, 3.8) is 0 Å². The first-order valence-electron chi connectivity index (χ1n) is 6.73. The van der Waals surface area contributed by atoms with Crippen LogP contribution in [0.4, 0.5) is 17.1 Å². The number of nitrogen functional groups attached to an aromatic ring is 1. The van der Waals surface area contributed by atoms with Gasteiger partial charge in [-0.3, -0.25) is 4.79 Å². The van der Waals surface area contributed by atoms with Gasteiger partial charge in [0.1, 0.15) is 0 Å². The SMILES string of the molecule is CC(=O)c1cc(N(CCC#N)c2ccccc2)ccc1N. The van der Waals surface area contributed by atoms with E-state index in [2.05, 4.69) is 6.07 Å². The van der Waals surface area contributed by atoms with Gasteiger partial charge in [-0.05, 0) is 37.3 Å². The molecule has 0 spiro atoms. The average Bonchev–Trinajstić information content (AvgIpc) is 2.50. The zero-order valence-electron chi connectivity index (χ0n) is 11.9. The molecule has 0 unspecified atom stereocenters. The van der Waals surface area contributed by atoms with Crippen LogP contribution in [0, 0.1) is 11.3 Å². The van der Waals surface area contributed by atoms with Crippen molar-refractivity contribution in [1.82, 2.24) is 0 Å². The molecule has 0 bridgehead atoms. The molecule has 2 aromatic carbocycles. The number of benzene rings is 2. The van der Waals surface area contributed by atoms with Crippen molar-refractivity contribution in [3.8, 4) is 6.07 Å². The highest BCUT2D eigenvalue weighted by atomic mass is 16.1. The smallest absolute Gasteiger partial charge is 0.161 e. The summed E-state index contributed by atoms with van der Waals surface area (Å²) in [5.74, 6) is -0.0670. The van der Waals surface area contributed by atoms with Crippen molar-refractivity contribution in [2.24, 2.45) is 0 Å². The second-order valence-electron chi connectivity index (χ2n) is 4.72. The van der Waals surface area contributed by atoms with Crippen LogP contribution >= 0.6 is 0 Å². The fourth-order valence-corrected chi connectivity index (χ4v) is 2.19. The minimum absolute atomic E-state index is 0.0670. The van der Waals surface area contributed by atoms with Crippen LogP contribution < -0.4 is 10.6 Å². The standard InChI is InChI=1S/C17H17N3O/c1-13(21)16-12-15(8-9-17(16)19)20(11-5-10-18)14-6-3-2-4-7-14/h2-4,6-9,12H,5,11,19H2,1H3. The van der Waals surface area contributed by atoms with Crippen molar-refractivity contribution in [1.29, 1.82) is 5.26 Å². The molecular weight excluding hydrogens is 262 g/mol. The maximum absolute atomic E-state index is 11.6. The Bertz CT molecular complexity index is 674. The van der Waals surface area contributed by atoms with Crippen LogP contribution in [-0.4, -0.2) is 12.3 Å². The molecule has 106 valence electrons. The summed E-state index contributed by atoms with van der Waals surface area (Å²) in [5, 5.41) is 8.85. The summed E-state index contributed by atoms with van der Waals surface area (Å²) in [6, 6.07) is 17.3. The molecule has 0 aliphatic heterocycles. The molecule has 2 N–H and O–H groups in total. The van der Waals surface area contributed by atoms with E-state index < -0.39 is 0 Å². The first-order valence-corrected chi connectivity index (χ1v) is 6.73. The predicted molar refractivity (Wildman–Crippen MR) is 84.5 cm³/mol. The van der Waals surface area contributed by atoms with E-state index in [0.717, 1.165) is 11.4 Å². The molecule has 0 amide bonds. The van der Waals surface area contributed by atoms with E-state index in [0.29, 0.717) is 24.2 Å². The predicted octanol–water partition coefficient (Wildman–Crippen LogP) is 3.52. The summed E-state index contributed by atoms with van der Waals surface area (Å²) in [6.07, 6.45) is 0.397. The molecule has 2 rings (SSSR count). The van der Waals surface area contributed by atoms with Crippen LogP contribution in [0.15, 0.2) is 48.5 Å². The van der Waals surface area contributed by atoms with Crippen molar-refractivity contribution in [2.45, 2.75) is 13.3 Å². The highest BCUT2D eigenvalue weighted by molar-refractivity contribution is 6.00. The Morgan fingerprint density at radius 3 is 2.52 bits per heavy atom. The topological polar surface area (TPSA) is 70.1 Å². The highest BCUT2D eigenvalue weighted by Crippen LogP contribution is 2.28. The molecule has 0 aliphatic carbocycles. The zero-order valence-corrected chi connectivity index (χ0v) is 11.9. The summed E-state index contributed by atoms with van der Waals surface area (Å²) >= 11 is 0. The van der Waals surface area contributed by atoms with Crippen LogP contribution in [0.2, 0.25) is 0 Å². The van der Waals surface area contributed by atoms with Crippen molar-refractivity contribution < 1.29 is 4.79 Å². The van der Waals surface area contributed by atoms with Crippen LogP contribution in [0.3, 0.4) is 0 Å². The van der Waals surface area contributed by atoms with Gasteiger partial charge in [0.05, 0.1) is 12.5 Å². The van der Waals surface area contributed by atoms with E-state index in [9.17, 15) is 4.79 Å². The number of anilines is 3.